The number of piperazine rings is 1. The van der Waals surface area contributed by atoms with Crippen LogP contribution in [0.2, 0.25) is 0 Å². The molecule has 1 fully saturated rings. The van der Waals surface area contributed by atoms with Gasteiger partial charge in [0.2, 0.25) is 0 Å². The van der Waals surface area contributed by atoms with E-state index in [1.54, 1.807) is 7.11 Å². The molecule has 1 heterocycles. The molecule has 27 heavy (non-hydrogen) atoms. The molecule has 1 atom stereocenters. The largest absolute Gasteiger partial charge is 0.497 e. The highest BCUT2D eigenvalue weighted by Crippen LogP contribution is 2.30. The number of nitrogens with one attached hydrogen (secondary N) is 1. The summed E-state index contributed by atoms with van der Waals surface area (Å²) in [6, 6.07) is 14.4. The summed E-state index contributed by atoms with van der Waals surface area (Å²) in [4.78, 5) is 13.3. The first kappa shape index (κ1) is 19.0. The van der Waals surface area contributed by atoms with Crippen molar-refractivity contribution in [1.82, 2.24) is 5.32 Å². The van der Waals surface area contributed by atoms with Crippen LogP contribution in [0, 0.1) is 0 Å². The molecule has 0 aliphatic carbocycles. The Balaban J connectivity index is 1.88. The fraction of sp³-hybridized carbons (Fsp3) is 0.318. The molecule has 0 unspecified atom stereocenters. The van der Waals surface area contributed by atoms with Crippen LogP contribution in [0.15, 0.2) is 42.5 Å². The van der Waals surface area contributed by atoms with Gasteiger partial charge in [0.15, 0.2) is 0 Å². The molecular formula is C22H26N2O3. The second-order valence-electron chi connectivity index (χ2n) is 6.79. The van der Waals surface area contributed by atoms with E-state index >= 15 is 0 Å². The Labute approximate surface area is 160 Å². The third-order valence-electron chi connectivity index (χ3n) is 4.82. The molecule has 2 aromatic rings. The van der Waals surface area contributed by atoms with Crippen molar-refractivity contribution in [3.05, 3.63) is 53.6 Å². The van der Waals surface area contributed by atoms with Crippen LogP contribution in [0.3, 0.4) is 0 Å². The molecule has 1 N–H and O–H groups in total. The zero-order valence-electron chi connectivity index (χ0n) is 16.1. The molecule has 0 spiro atoms. The highest BCUT2D eigenvalue weighted by Gasteiger charge is 2.17. The van der Waals surface area contributed by atoms with Crippen molar-refractivity contribution in [1.29, 1.82) is 0 Å². The molecule has 1 saturated heterocycles. The number of benzene rings is 2. The summed E-state index contributed by atoms with van der Waals surface area (Å²) in [5, 5.41) is 3.44. The number of allylic oxidation sites excluding steroid dienone is 1. The molecule has 0 aromatic heterocycles. The van der Waals surface area contributed by atoms with Gasteiger partial charge in [-0.05, 0) is 55.3 Å². The molecular weight excluding hydrogens is 340 g/mol. The SMILES string of the molecule is COc1ccc(/C(C)=C/c2ccc(N3CCN[C@@H](C)C3)cc2OC=O)cc1. The minimum atomic E-state index is 0.436. The average molecular weight is 366 g/mol. The molecule has 3 rings (SSSR count). The van der Waals surface area contributed by atoms with Crippen LogP contribution in [-0.4, -0.2) is 39.3 Å². The second kappa shape index (κ2) is 8.73. The second-order valence-corrected chi connectivity index (χ2v) is 6.79. The summed E-state index contributed by atoms with van der Waals surface area (Å²) in [6.07, 6.45) is 2.03. The maximum absolute atomic E-state index is 11.0. The number of rotatable bonds is 6. The van der Waals surface area contributed by atoms with Crippen molar-refractivity contribution < 1.29 is 14.3 Å². The Morgan fingerprint density at radius 3 is 2.67 bits per heavy atom. The van der Waals surface area contributed by atoms with Gasteiger partial charge in [-0.15, -0.1) is 0 Å². The fourth-order valence-electron chi connectivity index (χ4n) is 3.33. The molecule has 5 heteroatoms. The first-order chi connectivity index (χ1) is 13.1. The number of carbonyl (C=O) groups is 1. The van der Waals surface area contributed by atoms with Crippen LogP contribution >= 0.6 is 0 Å². The Bertz CT molecular complexity index is 815. The maximum Gasteiger partial charge on any atom is 0.298 e. The van der Waals surface area contributed by atoms with E-state index in [0.717, 1.165) is 47.8 Å². The Morgan fingerprint density at radius 1 is 1.22 bits per heavy atom. The number of hydrogen-bond donors (Lipinski definition) is 1. The number of nitrogens with zero attached hydrogens (tertiary/aromatic N) is 1. The highest BCUT2D eigenvalue weighted by molar-refractivity contribution is 5.83. The van der Waals surface area contributed by atoms with Gasteiger partial charge < -0.3 is 19.7 Å². The number of anilines is 1. The smallest absolute Gasteiger partial charge is 0.298 e. The molecule has 0 amide bonds. The van der Waals surface area contributed by atoms with Crippen molar-refractivity contribution in [2.45, 2.75) is 19.9 Å². The van der Waals surface area contributed by atoms with Crippen LogP contribution in [-0.2, 0) is 4.79 Å². The molecule has 0 radical (unpaired) electrons. The summed E-state index contributed by atoms with van der Waals surface area (Å²) in [5.41, 5.74) is 4.12. The quantitative estimate of drug-likeness (QED) is 0.625. The zero-order chi connectivity index (χ0) is 19.2. The summed E-state index contributed by atoms with van der Waals surface area (Å²) in [6.45, 7) is 7.51. The fourth-order valence-corrected chi connectivity index (χ4v) is 3.33. The number of hydrogen-bond acceptors (Lipinski definition) is 5. The third-order valence-corrected chi connectivity index (χ3v) is 4.82. The summed E-state index contributed by atoms with van der Waals surface area (Å²) in [7, 11) is 1.65. The lowest BCUT2D eigenvalue weighted by Gasteiger charge is -2.33. The van der Waals surface area contributed by atoms with Crippen molar-refractivity contribution in [2.24, 2.45) is 0 Å². The van der Waals surface area contributed by atoms with Gasteiger partial charge in [-0.1, -0.05) is 12.1 Å². The number of ether oxygens (including phenoxy) is 2. The van der Waals surface area contributed by atoms with Crippen molar-refractivity contribution in [3.8, 4) is 11.5 Å². The Morgan fingerprint density at radius 2 is 2.00 bits per heavy atom. The van der Waals surface area contributed by atoms with Gasteiger partial charge >= 0.3 is 0 Å². The molecule has 2 aromatic carbocycles. The van der Waals surface area contributed by atoms with E-state index in [-0.39, 0.29) is 0 Å². The normalized spacial score (nSPS) is 17.5. The van der Waals surface area contributed by atoms with Crippen LogP contribution in [0.4, 0.5) is 5.69 Å². The third kappa shape index (κ3) is 4.68. The summed E-state index contributed by atoms with van der Waals surface area (Å²) < 4.78 is 10.5. The van der Waals surface area contributed by atoms with E-state index in [1.165, 1.54) is 0 Å². The van der Waals surface area contributed by atoms with Crippen molar-refractivity contribution >= 4 is 23.8 Å². The molecule has 1 aliphatic heterocycles. The van der Waals surface area contributed by atoms with Crippen LogP contribution in [0.1, 0.15) is 25.0 Å². The van der Waals surface area contributed by atoms with Crippen molar-refractivity contribution in [2.75, 3.05) is 31.6 Å². The summed E-state index contributed by atoms with van der Waals surface area (Å²) >= 11 is 0. The van der Waals surface area contributed by atoms with Gasteiger partial charge in [-0.2, -0.15) is 0 Å². The van der Waals surface area contributed by atoms with Crippen LogP contribution < -0.4 is 19.7 Å². The molecule has 5 nitrogen and oxygen atoms in total. The lowest BCUT2D eigenvalue weighted by molar-refractivity contribution is -0.120. The summed E-state index contributed by atoms with van der Waals surface area (Å²) in [5.74, 6) is 1.40. The monoisotopic (exact) mass is 366 g/mol. The van der Waals surface area contributed by atoms with E-state index < -0.39 is 0 Å². The predicted molar refractivity (Wildman–Crippen MR) is 109 cm³/mol. The zero-order valence-corrected chi connectivity index (χ0v) is 16.1. The van der Waals surface area contributed by atoms with Crippen LogP contribution in [0.25, 0.3) is 11.6 Å². The van der Waals surface area contributed by atoms with Gasteiger partial charge in [0.25, 0.3) is 6.47 Å². The molecule has 0 saturated carbocycles. The molecule has 142 valence electrons. The van der Waals surface area contributed by atoms with E-state index in [9.17, 15) is 4.79 Å². The predicted octanol–water partition coefficient (Wildman–Crippen LogP) is 3.59. The minimum Gasteiger partial charge on any atom is -0.497 e. The van der Waals surface area contributed by atoms with Gasteiger partial charge in [0.05, 0.1) is 7.11 Å². The average Bonchev–Trinajstić information content (AvgIpc) is 2.69. The lowest BCUT2D eigenvalue weighted by atomic mass is 10.0. The number of methoxy groups -OCH3 is 1. The van der Waals surface area contributed by atoms with E-state index in [1.807, 2.05) is 49.4 Å². The lowest BCUT2D eigenvalue weighted by Crippen LogP contribution is -2.49. The highest BCUT2D eigenvalue weighted by atomic mass is 16.5. The van der Waals surface area contributed by atoms with Gasteiger partial charge in [0.1, 0.15) is 11.5 Å². The minimum absolute atomic E-state index is 0.436. The first-order valence-corrected chi connectivity index (χ1v) is 9.16. The molecule has 0 bridgehead atoms. The van der Waals surface area contributed by atoms with Gasteiger partial charge in [-0.3, -0.25) is 4.79 Å². The maximum atomic E-state index is 11.0. The van der Waals surface area contributed by atoms with E-state index in [2.05, 4.69) is 23.2 Å². The first-order valence-electron chi connectivity index (χ1n) is 9.16. The standard InChI is InChI=1S/C22H26N2O3/c1-16(18-5-8-21(26-3)9-6-18)12-19-4-7-20(13-22(19)27-15-25)24-11-10-23-17(2)14-24/h4-9,12-13,15,17,23H,10-11,14H2,1-3H3/b16-12+/t17-/m0/s1. The Kier molecular flexibility index (Phi) is 6.14. The van der Waals surface area contributed by atoms with Gasteiger partial charge in [0, 0.05) is 43.0 Å². The van der Waals surface area contributed by atoms with Crippen LogP contribution in [0.5, 0.6) is 11.5 Å². The van der Waals surface area contributed by atoms with E-state index in [4.69, 9.17) is 9.47 Å². The molecule has 1 aliphatic rings. The van der Waals surface area contributed by atoms with Crippen molar-refractivity contribution in [3.63, 3.8) is 0 Å². The van der Waals surface area contributed by atoms with E-state index in [0.29, 0.717) is 18.3 Å². The topological polar surface area (TPSA) is 50.8 Å². The Hall–Kier alpha value is -2.79. The number of carbonyl (C=O) groups excluding carboxylic acids is 1. The van der Waals surface area contributed by atoms with Gasteiger partial charge in [-0.25, -0.2) is 0 Å².